The topological polar surface area (TPSA) is 152 Å². The third-order valence-corrected chi connectivity index (χ3v) is 4.70. The average molecular weight is 504 g/mol. The number of halogens is 1. The van der Waals surface area contributed by atoms with E-state index in [1.165, 1.54) is 18.3 Å². The quantitative estimate of drug-likeness (QED) is 0.281. The second-order valence-electron chi connectivity index (χ2n) is 6.49. The van der Waals surface area contributed by atoms with Crippen molar-refractivity contribution in [1.82, 2.24) is 9.66 Å². The van der Waals surface area contributed by atoms with Gasteiger partial charge < -0.3 is 15.2 Å². The molecule has 0 bridgehead atoms. The number of nitro benzene ring substituents is 1. The molecule has 0 spiro atoms. The molecular formula is C20H18BrN5O6. The summed E-state index contributed by atoms with van der Waals surface area (Å²) in [7, 11) is 0. The molecule has 0 unspecified atom stereocenters. The lowest BCUT2D eigenvalue weighted by molar-refractivity contribution is -0.385. The summed E-state index contributed by atoms with van der Waals surface area (Å²) in [6.07, 6.45) is 1.27. The molecular weight excluding hydrogens is 486 g/mol. The smallest absolute Gasteiger partial charge is 0.315 e. The lowest BCUT2D eigenvalue weighted by Crippen LogP contribution is -2.21. The van der Waals surface area contributed by atoms with Crippen molar-refractivity contribution in [2.75, 3.05) is 13.2 Å². The fourth-order valence-electron chi connectivity index (χ4n) is 2.89. The number of rotatable bonds is 8. The molecule has 1 heterocycles. The number of nitro groups is 1. The van der Waals surface area contributed by atoms with Crippen LogP contribution in [0.1, 0.15) is 18.3 Å². The van der Waals surface area contributed by atoms with Crippen LogP contribution in [0.15, 0.2) is 44.7 Å². The van der Waals surface area contributed by atoms with Crippen molar-refractivity contribution < 1.29 is 19.2 Å². The van der Waals surface area contributed by atoms with Crippen LogP contribution in [0.3, 0.4) is 0 Å². The fourth-order valence-corrected chi connectivity index (χ4v) is 3.25. The zero-order valence-corrected chi connectivity index (χ0v) is 18.7. The largest absolute Gasteiger partial charge is 0.490 e. The molecule has 0 radical (unpaired) electrons. The minimum absolute atomic E-state index is 0.0361. The number of nitrogens with two attached hydrogens (primary N) is 1. The Kier molecular flexibility index (Phi) is 6.83. The standard InChI is InChI=1S/C20H18BrN5O6/c1-3-31-17-7-12(6-16(26(29)30)19(17)32-10-18(22)27)9-23-25-11(2)24-15-5-4-13(21)8-14(15)20(25)28/h4-9H,3,10H2,1-2H3,(H2,22,27). The molecule has 2 aromatic carbocycles. The number of carbonyl (C=O) groups excluding carboxylic acids is 1. The first kappa shape index (κ1) is 22.9. The van der Waals surface area contributed by atoms with Gasteiger partial charge in [-0.15, -0.1) is 0 Å². The Hall–Kier alpha value is -3.80. The van der Waals surface area contributed by atoms with Crippen LogP contribution in [0.2, 0.25) is 0 Å². The molecule has 3 rings (SSSR count). The number of carbonyl (C=O) groups is 1. The molecule has 0 saturated carbocycles. The van der Waals surface area contributed by atoms with E-state index in [-0.39, 0.29) is 23.7 Å². The average Bonchev–Trinajstić information content (AvgIpc) is 2.73. The Morgan fingerprint density at radius 1 is 1.34 bits per heavy atom. The molecule has 0 aliphatic carbocycles. The van der Waals surface area contributed by atoms with E-state index in [0.717, 1.165) is 4.68 Å². The van der Waals surface area contributed by atoms with Crippen LogP contribution in [0.4, 0.5) is 5.69 Å². The van der Waals surface area contributed by atoms with E-state index >= 15 is 0 Å². The fraction of sp³-hybridized carbons (Fsp3) is 0.200. The third-order valence-electron chi connectivity index (χ3n) is 4.21. The predicted molar refractivity (Wildman–Crippen MR) is 120 cm³/mol. The Labute approximate surface area is 189 Å². The molecule has 1 aromatic heterocycles. The van der Waals surface area contributed by atoms with E-state index in [2.05, 4.69) is 26.0 Å². The van der Waals surface area contributed by atoms with Crippen LogP contribution in [0, 0.1) is 17.0 Å². The van der Waals surface area contributed by atoms with Gasteiger partial charge in [0, 0.05) is 16.1 Å². The molecule has 3 aromatic rings. The van der Waals surface area contributed by atoms with Crippen molar-refractivity contribution in [1.29, 1.82) is 0 Å². The first-order valence-electron chi connectivity index (χ1n) is 9.30. The summed E-state index contributed by atoms with van der Waals surface area (Å²) in [6.45, 7) is 2.94. The molecule has 166 valence electrons. The van der Waals surface area contributed by atoms with Crippen molar-refractivity contribution in [2.24, 2.45) is 10.8 Å². The maximum atomic E-state index is 12.9. The maximum Gasteiger partial charge on any atom is 0.315 e. The summed E-state index contributed by atoms with van der Waals surface area (Å²) in [5.74, 6) is -0.646. The van der Waals surface area contributed by atoms with E-state index in [9.17, 15) is 19.7 Å². The van der Waals surface area contributed by atoms with E-state index < -0.39 is 28.7 Å². The molecule has 0 atom stereocenters. The van der Waals surface area contributed by atoms with Crippen molar-refractivity contribution in [3.8, 4) is 11.5 Å². The molecule has 32 heavy (non-hydrogen) atoms. The van der Waals surface area contributed by atoms with Gasteiger partial charge >= 0.3 is 5.69 Å². The second kappa shape index (κ2) is 9.56. The number of benzene rings is 2. The number of aryl methyl sites for hydroxylation is 1. The highest BCUT2D eigenvalue weighted by atomic mass is 79.9. The Morgan fingerprint density at radius 3 is 2.75 bits per heavy atom. The summed E-state index contributed by atoms with van der Waals surface area (Å²) in [5.41, 5.74) is 5.03. The number of hydrogen-bond donors (Lipinski definition) is 1. The first-order chi connectivity index (χ1) is 15.2. The number of aromatic nitrogens is 2. The van der Waals surface area contributed by atoms with Gasteiger partial charge in [-0.3, -0.25) is 19.7 Å². The number of nitrogens with zero attached hydrogens (tertiary/aromatic N) is 4. The number of ether oxygens (including phenoxy) is 2. The van der Waals surface area contributed by atoms with Gasteiger partial charge in [0.2, 0.25) is 5.75 Å². The Morgan fingerprint density at radius 2 is 2.09 bits per heavy atom. The molecule has 0 aliphatic heterocycles. The summed E-state index contributed by atoms with van der Waals surface area (Å²) in [6, 6.07) is 7.76. The van der Waals surface area contributed by atoms with Gasteiger partial charge in [0.1, 0.15) is 5.82 Å². The normalized spacial score (nSPS) is 11.1. The summed E-state index contributed by atoms with van der Waals surface area (Å²) in [5, 5.41) is 16.1. The van der Waals surface area contributed by atoms with E-state index in [1.807, 2.05) is 0 Å². The van der Waals surface area contributed by atoms with E-state index in [4.69, 9.17) is 15.2 Å². The molecule has 0 fully saturated rings. The Bertz CT molecular complexity index is 1300. The maximum absolute atomic E-state index is 12.9. The van der Waals surface area contributed by atoms with Crippen LogP contribution >= 0.6 is 15.9 Å². The van der Waals surface area contributed by atoms with Crippen molar-refractivity contribution >= 4 is 44.6 Å². The zero-order chi connectivity index (χ0) is 23.4. The van der Waals surface area contributed by atoms with Gasteiger partial charge in [-0.05, 0) is 38.1 Å². The lowest BCUT2D eigenvalue weighted by Gasteiger charge is -2.12. The van der Waals surface area contributed by atoms with Gasteiger partial charge in [0.15, 0.2) is 12.4 Å². The van der Waals surface area contributed by atoms with Crippen LogP contribution < -0.4 is 20.8 Å². The first-order valence-corrected chi connectivity index (χ1v) is 10.1. The van der Waals surface area contributed by atoms with Gasteiger partial charge in [-0.1, -0.05) is 15.9 Å². The highest BCUT2D eigenvalue weighted by Crippen LogP contribution is 2.38. The van der Waals surface area contributed by atoms with Gasteiger partial charge in [-0.25, -0.2) is 4.98 Å². The van der Waals surface area contributed by atoms with Gasteiger partial charge in [0.25, 0.3) is 11.5 Å². The van der Waals surface area contributed by atoms with Crippen molar-refractivity contribution in [2.45, 2.75) is 13.8 Å². The summed E-state index contributed by atoms with van der Waals surface area (Å²) in [4.78, 5) is 39.2. The van der Waals surface area contributed by atoms with Crippen molar-refractivity contribution in [3.63, 3.8) is 0 Å². The Balaban J connectivity index is 2.09. The van der Waals surface area contributed by atoms with Crippen molar-refractivity contribution in [3.05, 3.63) is 66.7 Å². The van der Waals surface area contributed by atoms with E-state index in [1.54, 1.807) is 32.0 Å². The number of primary amides is 1. The van der Waals surface area contributed by atoms with Gasteiger partial charge in [-0.2, -0.15) is 9.78 Å². The molecule has 0 aliphatic rings. The minimum atomic E-state index is -0.794. The molecule has 1 amide bonds. The molecule has 2 N–H and O–H groups in total. The highest BCUT2D eigenvalue weighted by molar-refractivity contribution is 9.10. The minimum Gasteiger partial charge on any atom is -0.490 e. The monoisotopic (exact) mass is 503 g/mol. The second-order valence-corrected chi connectivity index (χ2v) is 7.41. The number of hydrogen-bond acceptors (Lipinski definition) is 8. The summed E-state index contributed by atoms with van der Waals surface area (Å²) >= 11 is 3.33. The van der Waals surface area contributed by atoms with Crippen LogP contribution in [0.5, 0.6) is 11.5 Å². The van der Waals surface area contributed by atoms with E-state index in [0.29, 0.717) is 21.2 Å². The van der Waals surface area contributed by atoms with Crippen LogP contribution in [-0.4, -0.2) is 39.9 Å². The number of fused-ring (bicyclic) bond motifs is 1. The molecule has 12 heteroatoms. The zero-order valence-electron chi connectivity index (χ0n) is 17.1. The highest BCUT2D eigenvalue weighted by Gasteiger charge is 2.23. The number of amides is 1. The molecule has 0 saturated heterocycles. The third kappa shape index (κ3) is 4.91. The van der Waals surface area contributed by atoms with Crippen LogP contribution in [0.25, 0.3) is 10.9 Å². The van der Waals surface area contributed by atoms with Gasteiger partial charge in [0.05, 0.1) is 28.6 Å². The molecule has 11 nitrogen and oxygen atoms in total. The predicted octanol–water partition coefficient (Wildman–Crippen LogP) is 2.52. The summed E-state index contributed by atoms with van der Waals surface area (Å²) < 4.78 is 12.5. The van der Waals surface area contributed by atoms with Crippen LogP contribution in [-0.2, 0) is 4.79 Å². The lowest BCUT2D eigenvalue weighted by atomic mass is 10.2. The SMILES string of the molecule is CCOc1cc(C=Nn2c(C)nc3ccc(Br)cc3c2=O)cc([N+](=O)[O-])c1OCC(N)=O.